The lowest BCUT2D eigenvalue weighted by atomic mass is 10.1. The number of aryl methyl sites for hydroxylation is 1. The molecule has 2 aromatic carbocycles. The Morgan fingerprint density at radius 1 is 1.27 bits per heavy atom. The molecule has 0 aliphatic rings. The van der Waals surface area contributed by atoms with Gasteiger partial charge in [0.1, 0.15) is 10.7 Å². The molecule has 3 aromatic rings. The van der Waals surface area contributed by atoms with Crippen LogP contribution < -0.4 is 10.9 Å². The minimum atomic E-state index is -0.477. The van der Waals surface area contributed by atoms with Crippen LogP contribution in [0.1, 0.15) is 10.6 Å². The van der Waals surface area contributed by atoms with Gasteiger partial charge in [0, 0.05) is 23.1 Å². The molecule has 0 atom stereocenters. The van der Waals surface area contributed by atoms with Gasteiger partial charge in [0.2, 0.25) is 0 Å². The molecule has 130 valence electrons. The largest absolute Gasteiger partial charge is 0.761 e. The molecule has 0 bridgehead atoms. The van der Waals surface area contributed by atoms with Crippen LogP contribution in [0.3, 0.4) is 0 Å². The third kappa shape index (κ3) is 3.94. The molecule has 0 aliphatic carbocycles. The van der Waals surface area contributed by atoms with E-state index in [9.17, 15) is 15.5 Å². The summed E-state index contributed by atoms with van der Waals surface area (Å²) in [6.45, 7) is 2.02. The molecule has 26 heavy (non-hydrogen) atoms. The smallest absolute Gasteiger partial charge is 0.271 e. The van der Waals surface area contributed by atoms with Gasteiger partial charge in [0.25, 0.3) is 5.69 Å². The van der Waals surface area contributed by atoms with Crippen molar-refractivity contribution in [1.29, 1.82) is 0 Å². The fraction of sp³-hybridized carbons (Fsp3) is 0.0556. The predicted molar refractivity (Wildman–Crippen MR) is 104 cm³/mol. The van der Waals surface area contributed by atoms with E-state index in [1.54, 1.807) is 12.1 Å². The lowest BCUT2D eigenvalue weighted by Gasteiger charge is -2.10. The van der Waals surface area contributed by atoms with Crippen molar-refractivity contribution in [3.63, 3.8) is 0 Å². The Kier molecular flexibility index (Phi) is 5.07. The molecule has 1 heterocycles. The number of hydrogen-bond acceptors (Lipinski definition) is 6. The average Bonchev–Trinajstić information content (AvgIpc) is 3.13. The third-order valence-corrected chi connectivity index (χ3v) is 4.43. The van der Waals surface area contributed by atoms with E-state index in [1.807, 2.05) is 36.6 Å². The second-order valence-corrected chi connectivity index (χ2v) is 6.31. The van der Waals surface area contributed by atoms with Crippen LogP contribution >= 0.6 is 11.3 Å². The van der Waals surface area contributed by atoms with Crippen LogP contribution in [-0.2, 0) is 0 Å². The Morgan fingerprint density at radius 2 is 2.04 bits per heavy atom. The Bertz CT molecular complexity index is 991. The van der Waals surface area contributed by atoms with Gasteiger partial charge < -0.3 is 10.8 Å². The van der Waals surface area contributed by atoms with Crippen LogP contribution in [0.5, 0.6) is 0 Å². The summed E-state index contributed by atoms with van der Waals surface area (Å²) in [5, 5.41) is 22.6. The number of nitro groups is 1. The summed E-state index contributed by atoms with van der Waals surface area (Å²) in [6.07, 6.45) is 0. The van der Waals surface area contributed by atoms with Crippen molar-refractivity contribution in [3.8, 4) is 11.3 Å². The fourth-order valence-electron chi connectivity index (χ4n) is 2.21. The molecule has 8 heteroatoms. The van der Waals surface area contributed by atoms with Crippen molar-refractivity contribution in [2.24, 2.45) is 0 Å². The first-order chi connectivity index (χ1) is 12.6. The highest BCUT2D eigenvalue weighted by atomic mass is 32.1. The number of rotatable bonds is 6. The maximum Gasteiger partial charge on any atom is 0.271 e. The minimum absolute atomic E-state index is 0.0359. The molecular weight excluding hydrogens is 350 g/mol. The lowest BCUT2D eigenvalue weighted by molar-refractivity contribution is -0.384. The van der Waals surface area contributed by atoms with E-state index in [1.165, 1.54) is 23.5 Å². The lowest BCUT2D eigenvalue weighted by Crippen LogP contribution is -2.20. The minimum Gasteiger partial charge on any atom is -0.761 e. The molecular formula is C18H14N5O2S-. The Balaban J connectivity index is 1.74. The molecule has 7 nitrogen and oxygen atoms in total. The van der Waals surface area contributed by atoms with Gasteiger partial charge in [-0.15, -0.1) is 11.3 Å². The number of nitrogens with zero attached hydrogens (tertiary/aromatic N) is 3. The van der Waals surface area contributed by atoms with E-state index in [0.29, 0.717) is 10.7 Å². The van der Waals surface area contributed by atoms with Gasteiger partial charge >= 0.3 is 0 Å². The molecule has 0 fully saturated rings. The molecule has 0 radical (unpaired) electrons. The molecule has 0 saturated carbocycles. The molecule has 0 unspecified atom stereocenters. The second kappa shape index (κ2) is 7.60. The Morgan fingerprint density at radius 3 is 2.73 bits per heavy atom. The number of thiazole rings is 1. The summed E-state index contributed by atoms with van der Waals surface area (Å²) >= 11 is 1.34. The zero-order valence-corrected chi connectivity index (χ0v) is 14.6. The van der Waals surface area contributed by atoms with Gasteiger partial charge in [-0.25, -0.2) is 10.9 Å². The number of hydrazine groups is 1. The van der Waals surface area contributed by atoms with Crippen molar-refractivity contribution < 1.29 is 4.92 Å². The average molecular weight is 364 g/mol. The van der Waals surface area contributed by atoms with Crippen LogP contribution in [0, 0.1) is 17.0 Å². The quantitative estimate of drug-likeness (QED) is 0.387. The highest BCUT2D eigenvalue weighted by molar-refractivity contribution is 7.11. The molecule has 0 amide bonds. The van der Waals surface area contributed by atoms with Crippen molar-refractivity contribution in [3.05, 3.63) is 80.0 Å². The standard InChI is InChI=1S/C18H14N5O2S/c1-12-5-7-13(8-6-12)17-11-26-18(20-17)16(10-19)22-21-14-3-2-4-15(9-14)23(24)25/h2-9,11,21-22H,1H3/q-1. The predicted octanol–water partition coefficient (Wildman–Crippen LogP) is 4.22. The summed E-state index contributed by atoms with van der Waals surface area (Å²) in [5.41, 5.74) is 9.17. The van der Waals surface area contributed by atoms with E-state index in [2.05, 4.69) is 21.7 Å². The first-order valence-electron chi connectivity index (χ1n) is 7.63. The van der Waals surface area contributed by atoms with Gasteiger partial charge in [0.15, 0.2) is 0 Å². The number of benzene rings is 2. The molecule has 2 N–H and O–H groups in total. The van der Waals surface area contributed by atoms with E-state index < -0.39 is 4.92 Å². The Hall–Kier alpha value is -3.48. The normalized spacial score (nSPS) is 10.0. The molecule has 0 spiro atoms. The number of nitro benzene ring substituents is 1. The van der Waals surface area contributed by atoms with Gasteiger partial charge in [0.05, 0.1) is 16.3 Å². The van der Waals surface area contributed by atoms with Crippen molar-refractivity contribution in [2.75, 3.05) is 5.43 Å². The molecule has 3 rings (SSSR count). The van der Waals surface area contributed by atoms with Crippen molar-refractivity contribution in [2.45, 2.75) is 6.92 Å². The molecule has 1 aromatic heterocycles. The number of non-ortho nitro benzene ring substituents is 1. The summed E-state index contributed by atoms with van der Waals surface area (Å²) in [7, 11) is 0. The maximum absolute atomic E-state index is 10.8. The first kappa shape index (κ1) is 17.3. The zero-order valence-electron chi connectivity index (χ0n) is 13.8. The number of hydrogen-bond donors (Lipinski definition) is 2. The van der Waals surface area contributed by atoms with E-state index in [4.69, 9.17) is 0 Å². The number of anilines is 1. The van der Waals surface area contributed by atoms with Crippen LogP contribution in [0.2, 0.25) is 0 Å². The van der Waals surface area contributed by atoms with Gasteiger partial charge in [-0.3, -0.25) is 15.5 Å². The van der Waals surface area contributed by atoms with Gasteiger partial charge in [-0.05, 0) is 13.0 Å². The van der Waals surface area contributed by atoms with Crippen LogP contribution in [0.4, 0.5) is 11.4 Å². The summed E-state index contributed by atoms with van der Waals surface area (Å²) in [4.78, 5) is 14.8. The summed E-state index contributed by atoms with van der Waals surface area (Å²) < 4.78 is 0. The van der Waals surface area contributed by atoms with Crippen molar-refractivity contribution >= 4 is 34.3 Å². The third-order valence-electron chi connectivity index (χ3n) is 3.57. The second-order valence-electron chi connectivity index (χ2n) is 5.45. The molecule has 0 aliphatic heterocycles. The Labute approximate surface area is 153 Å². The SMILES string of the molecule is Cc1ccc(-c2csc(C(=C=[N-])NNc3cccc([N+](=O)[O-])c3)n2)cc1. The molecule has 0 saturated heterocycles. The first-order valence-corrected chi connectivity index (χ1v) is 8.51. The van der Waals surface area contributed by atoms with Crippen molar-refractivity contribution in [1.82, 2.24) is 10.4 Å². The maximum atomic E-state index is 10.8. The highest BCUT2D eigenvalue weighted by Gasteiger charge is 2.09. The highest BCUT2D eigenvalue weighted by Crippen LogP contribution is 2.25. The van der Waals surface area contributed by atoms with Crippen LogP contribution in [0.15, 0.2) is 53.9 Å². The number of nitrogens with one attached hydrogen (secondary N) is 2. The van der Waals surface area contributed by atoms with Gasteiger partial charge in [-0.1, -0.05) is 35.9 Å². The number of aromatic nitrogens is 1. The van der Waals surface area contributed by atoms with Crippen LogP contribution in [0.25, 0.3) is 22.4 Å². The van der Waals surface area contributed by atoms with E-state index >= 15 is 0 Å². The van der Waals surface area contributed by atoms with Crippen LogP contribution in [-0.4, -0.2) is 15.8 Å². The van der Waals surface area contributed by atoms with Gasteiger partial charge in [-0.2, -0.15) is 0 Å². The zero-order chi connectivity index (χ0) is 18.5. The van der Waals surface area contributed by atoms with E-state index in [-0.39, 0.29) is 11.4 Å². The summed E-state index contributed by atoms with van der Waals surface area (Å²) in [6, 6.07) is 14.0. The monoisotopic (exact) mass is 364 g/mol. The van der Waals surface area contributed by atoms with E-state index in [0.717, 1.165) is 16.8 Å². The fourth-order valence-corrected chi connectivity index (χ4v) is 2.98. The topological polar surface area (TPSA) is 102 Å². The summed E-state index contributed by atoms with van der Waals surface area (Å²) in [5.74, 6) is 2.06.